The highest BCUT2D eigenvalue weighted by molar-refractivity contribution is 4.56. The smallest absolute Gasteiger partial charge is 0.0431 e. The molecule has 0 aromatic heterocycles. The standard InChI is InChI=1S/C29H63N3O2.C2H6/c1-32(26-18-10-8-16-24-30-22-14-6-2-4-12-20-28-33)27-19-11-9-17-25-31-23-15-7-3-5-13-21-29-34;1-2/h30-31,33-34H,2-29H2,1H3;1-2H3. The van der Waals surface area contributed by atoms with Crippen LogP contribution < -0.4 is 10.6 Å². The third-order valence-corrected chi connectivity index (χ3v) is 6.81. The van der Waals surface area contributed by atoms with E-state index in [1.165, 1.54) is 155 Å². The van der Waals surface area contributed by atoms with Crippen molar-refractivity contribution in [1.82, 2.24) is 15.5 Å². The first kappa shape index (κ1) is 37.9. The molecule has 4 N–H and O–H groups in total. The zero-order valence-electron chi connectivity index (χ0n) is 25.1. The van der Waals surface area contributed by atoms with Gasteiger partial charge in [0.2, 0.25) is 0 Å². The predicted molar refractivity (Wildman–Crippen MR) is 161 cm³/mol. The summed E-state index contributed by atoms with van der Waals surface area (Å²) >= 11 is 0. The summed E-state index contributed by atoms with van der Waals surface area (Å²) in [5.74, 6) is 0. The molecular formula is C31H69N3O2. The van der Waals surface area contributed by atoms with Gasteiger partial charge in [-0.05, 0) is 97.7 Å². The summed E-state index contributed by atoms with van der Waals surface area (Å²) in [6.45, 7) is 11.9. The zero-order valence-corrected chi connectivity index (χ0v) is 25.1. The van der Waals surface area contributed by atoms with Crippen LogP contribution in [0.5, 0.6) is 0 Å². The van der Waals surface area contributed by atoms with Crippen LogP contribution in [0.25, 0.3) is 0 Å². The summed E-state index contributed by atoms with van der Waals surface area (Å²) in [6, 6.07) is 0. The minimum Gasteiger partial charge on any atom is -0.396 e. The van der Waals surface area contributed by atoms with Crippen LogP contribution in [0.3, 0.4) is 0 Å². The number of nitrogens with one attached hydrogen (secondary N) is 2. The summed E-state index contributed by atoms with van der Waals surface area (Å²) in [5, 5.41) is 24.7. The Balaban J connectivity index is 0. The van der Waals surface area contributed by atoms with Crippen molar-refractivity contribution in [3.05, 3.63) is 0 Å². The Kier molecular flexibility index (Phi) is 39.0. The molecule has 220 valence electrons. The predicted octanol–water partition coefficient (Wildman–Crippen LogP) is 6.91. The van der Waals surface area contributed by atoms with Crippen molar-refractivity contribution in [3.63, 3.8) is 0 Å². The number of aliphatic hydroxyl groups is 2. The molecule has 0 spiro atoms. The second kappa shape index (κ2) is 37.0. The Hall–Kier alpha value is -0.200. The second-order valence-corrected chi connectivity index (χ2v) is 10.3. The maximum atomic E-state index is 8.76. The molecule has 0 atom stereocenters. The van der Waals surface area contributed by atoms with Crippen LogP contribution >= 0.6 is 0 Å². The summed E-state index contributed by atoms with van der Waals surface area (Å²) in [4.78, 5) is 2.53. The van der Waals surface area contributed by atoms with E-state index < -0.39 is 0 Å². The molecule has 0 fully saturated rings. The fourth-order valence-corrected chi connectivity index (χ4v) is 4.47. The van der Waals surface area contributed by atoms with Crippen molar-refractivity contribution >= 4 is 0 Å². The molecule has 0 aromatic carbocycles. The average molecular weight is 516 g/mol. The zero-order chi connectivity index (χ0) is 26.8. The Morgan fingerprint density at radius 2 is 0.639 bits per heavy atom. The minimum absolute atomic E-state index is 0.353. The molecule has 0 saturated carbocycles. The molecule has 0 radical (unpaired) electrons. The van der Waals surface area contributed by atoms with E-state index in [0.717, 1.165) is 12.8 Å². The molecule has 0 rings (SSSR count). The lowest BCUT2D eigenvalue weighted by molar-refractivity contribution is 0.282. The van der Waals surface area contributed by atoms with Crippen molar-refractivity contribution in [2.45, 2.75) is 142 Å². The van der Waals surface area contributed by atoms with E-state index in [2.05, 4.69) is 22.6 Å². The van der Waals surface area contributed by atoms with E-state index in [9.17, 15) is 0 Å². The third-order valence-electron chi connectivity index (χ3n) is 6.81. The van der Waals surface area contributed by atoms with Crippen LogP contribution in [0.2, 0.25) is 0 Å². The van der Waals surface area contributed by atoms with Gasteiger partial charge in [-0.3, -0.25) is 0 Å². The van der Waals surface area contributed by atoms with Crippen molar-refractivity contribution < 1.29 is 10.2 Å². The Morgan fingerprint density at radius 3 is 0.944 bits per heavy atom. The highest BCUT2D eigenvalue weighted by atomic mass is 16.3. The summed E-state index contributed by atoms with van der Waals surface area (Å²) in [5.41, 5.74) is 0. The molecule has 0 aromatic rings. The molecule has 0 aliphatic carbocycles. The largest absolute Gasteiger partial charge is 0.396 e. The van der Waals surface area contributed by atoms with Crippen molar-refractivity contribution in [2.24, 2.45) is 0 Å². The second-order valence-electron chi connectivity index (χ2n) is 10.3. The first-order chi connectivity index (χ1) is 17.8. The molecule has 0 bridgehead atoms. The molecule has 5 nitrogen and oxygen atoms in total. The number of hydrogen-bond acceptors (Lipinski definition) is 5. The molecule has 36 heavy (non-hydrogen) atoms. The van der Waals surface area contributed by atoms with E-state index in [1.54, 1.807) is 0 Å². The quantitative estimate of drug-likeness (QED) is 0.0783. The van der Waals surface area contributed by atoms with Crippen LogP contribution in [0.4, 0.5) is 0 Å². The number of rotatable bonds is 30. The van der Waals surface area contributed by atoms with Crippen molar-refractivity contribution in [1.29, 1.82) is 0 Å². The van der Waals surface area contributed by atoms with Crippen LogP contribution in [0.15, 0.2) is 0 Å². The number of hydrogen-bond donors (Lipinski definition) is 4. The first-order valence-corrected chi connectivity index (χ1v) is 16.1. The lowest BCUT2D eigenvalue weighted by Gasteiger charge is -2.16. The summed E-state index contributed by atoms with van der Waals surface area (Å²) in [6.07, 6.45) is 25.5. The van der Waals surface area contributed by atoms with E-state index >= 15 is 0 Å². The van der Waals surface area contributed by atoms with Crippen molar-refractivity contribution in [3.8, 4) is 0 Å². The first-order valence-electron chi connectivity index (χ1n) is 16.1. The highest BCUT2D eigenvalue weighted by Crippen LogP contribution is 2.06. The molecule has 0 heterocycles. The van der Waals surface area contributed by atoms with Crippen LogP contribution in [0, 0.1) is 0 Å². The Morgan fingerprint density at radius 1 is 0.389 bits per heavy atom. The lowest BCUT2D eigenvalue weighted by atomic mass is 10.1. The van der Waals surface area contributed by atoms with Gasteiger partial charge in [-0.15, -0.1) is 0 Å². The molecule has 0 saturated heterocycles. The van der Waals surface area contributed by atoms with E-state index in [-0.39, 0.29) is 0 Å². The van der Waals surface area contributed by atoms with E-state index in [0.29, 0.717) is 13.2 Å². The maximum absolute atomic E-state index is 8.76. The van der Waals surface area contributed by atoms with Gasteiger partial charge in [-0.2, -0.15) is 0 Å². The van der Waals surface area contributed by atoms with Crippen LogP contribution in [-0.2, 0) is 0 Å². The molecular weight excluding hydrogens is 446 g/mol. The van der Waals surface area contributed by atoms with Crippen LogP contribution in [0.1, 0.15) is 142 Å². The maximum Gasteiger partial charge on any atom is 0.0431 e. The lowest BCUT2D eigenvalue weighted by Crippen LogP contribution is -2.21. The number of unbranched alkanes of at least 4 members (excludes halogenated alkanes) is 16. The van der Waals surface area contributed by atoms with Gasteiger partial charge in [0.15, 0.2) is 0 Å². The molecule has 0 aliphatic heterocycles. The van der Waals surface area contributed by atoms with Gasteiger partial charge in [0.05, 0.1) is 0 Å². The van der Waals surface area contributed by atoms with Crippen molar-refractivity contribution in [2.75, 3.05) is 59.5 Å². The monoisotopic (exact) mass is 516 g/mol. The van der Waals surface area contributed by atoms with E-state index in [4.69, 9.17) is 10.2 Å². The van der Waals surface area contributed by atoms with Gasteiger partial charge >= 0.3 is 0 Å². The normalized spacial score (nSPS) is 11.2. The van der Waals surface area contributed by atoms with Gasteiger partial charge in [-0.25, -0.2) is 0 Å². The highest BCUT2D eigenvalue weighted by Gasteiger charge is 1.99. The fraction of sp³-hybridized carbons (Fsp3) is 1.00. The van der Waals surface area contributed by atoms with Crippen LogP contribution in [-0.4, -0.2) is 74.6 Å². The van der Waals surface area contributed by atoms with Gasteiger partial charge in [0.25, 0.3) is 0 Å². The fourth-order valence-electron chi connectivity index (χ4n) is 4.47. The minimum atomic E-state index is 0.353. The number of nitrogens with zero attached hydrogens (tertiary/aromatic N) is 1. The molecule has 0 amide bonds. The SMILES string of the molecule is CC.CN(CCCCCCNCCCCCCCCO)CCCCCCNCCCCCCCCO. The Bertz CT molecular complexity index is 327. The molecule has 0 aliphatic rings. The topological polar surface area (TPSA) is 67.8 Å². The van der Waals surface area contributed by atoms with Gasteiger partial charge in [0.1, 0.15) is 0 Å². The van der Waals surface area contributed by atoms with Gasteiger partial charge in [0, 0.05) is 13.2 Å². The summed E-state index contributed by atoms with van der Waals surface area (Å²) < 4.78 is 0. The Labute approximate surface area is 227 Å². The molecule has 0 unspecified atom stereocenters. The number of aliphatic hydroxyl groups excluding tert-OH is 2. The molecule has 5 heteroatoms. The average Bonchev–Trinajstić information content (AvgIpc) is 2.90. The van der Waals surface area contributed by atoms with Gasteiger partial charge in [-0.1, -0.05) is 90.9 Å². The van der Waals surface area contributed by atoms with E-state index in [1.807, 2.05) is 13.8 Å². The van der Waals surface area contributed by atoms with Gasteiger partial charge < -0.3 is 25.7 Å². The summed E-state index contributed by atoms with van der Waals surface area (Å²) in [7, 11) is 2.29. The third kappa shape index (κ3) is 36.0.